The Balaban J connectivity index is 2.46. The van der Waals surface area contributed by atoms with E-state index in [-0.39, 0.29) is 5.91 Å². The van der Waals surface area contributed by atoms with Crippen LogP contribution in [0, 0.1) is 3.57 Å². The van der Waals surface area contributed by atoms with Crippen LogP contribution in [-0.4, -0.2) is 30.3 Å². The highest BCUT2D eigenvalue weighted by Gasteiger charge is 2.10. The first kappa shape index (κ1) is 14.8. The summed E-state index contributed by atoms with van der Waals surface area (Å²) >= 11 is 7.83. The van der Waals surface area contributed by atoms with Crippen LogP contribution >= 0.6 is 34.2 Å². The summed E-state index contributed by atoms with van der Waals surface area (Å²) in [7, 11) is 1.85. The summed E-state index contributed by atoms with van der Waals surface area (Å²) in [6.45, 7) is 0.793. The van der Waals surface area contributed by atoms with Crippen LogP contribution in [0.5, 0.6) is 0 Å². The molecule has 0 unspecified atom stereocenters. The highest BCUT2D eigenvalue weighted by molar-refractivity contribution is 14.1. The minimum atomic E-state index is 0.0920. The summed E-state index contributed by atoms with van der Waals surface area (Å²) in [5.41, 5.74) is 0.761. The summed E-state index contributed by atoms with van der Waals surface area (Å²) < 4.78 is 1.09. The molecular weight excluding hydrogens is 349 g/mol. The Morgan fingerprint density at radius 1 is 1.35 bits per heavy atom. The van der Waals surface area contributed by atoms with Gasteiger partial charge >= 0.3 is 0 Å². The molecule has 94 valence electrons. The molecular formula is C13H17ClINO. The van der Waals surface area contributed by atoms with E-state index in [4.69, 9.17) is 11.6 Å². The lowest BCUT2D eigenvalue weighted by Crippen LogP contribution is -2.27. The SMILES string of the molecule is CN(CCCCCCl)C(=O)c1cccc(I)c1. The van der Waals surface area contributed by atoms with Gasteiger partial charge in [-0.1, -0.05) is 12.5 Å². The summed E-state index contributed by atoms with van der Waals surface area (Å²) in [4.78, 5) is 13.8. The number of amides is 1. The maximum absolute atomic E-state index is 12.1. The predicted molar refractivity (Wildman–Crippen MR) is 80.7 cm³/mol. The molecule has 0 fully saturated rings. The van der Waals surface area contributed by atoms with Crippen LogP contribution in [-0.2, 0) is 0 Å². The first-order chi connectivity index (χ1) is 8.15. The molecule has 1 rings (SSSR count). The Hall–Kier alpha value is -0.290. The average Bonchev–Trinajstić information content (AvgIpc) is 2.33. The van der Waals surface area contributed by atoms with Gasteiger partial charge in [0, 0.05) is 28.6 Å². The number of nitrogens with zero attached hydrogens (tertiary/aromatic N) is 1. The number of benzene rings is 1. The number of rotatable bonds is 6. The molecule has 0 N–H and O–H groups in total. The van der Waals surface area contributed by atoms with Gasteiger partial charge in [-0.3, -0.25) is 4.79 Å². The molecule has 17 heavy (non-hydrogen) atoms. The molecule has 1 amide bonds. The fraction of sp³-hybridized carbons (Fsp3) is 0.462. The lowest BCUT2D eigenvalue weighted by Gasteiger charge is -2.17. The molecule has 0 aliphatic heterocycles. The van der Waals surface area contributed by atoms with E-state index >= 15 is 0 Å². The quantitative estimate of drug-likeness (QED) is 0.427. The Kier molecular flexibility index (Phi) is 6.89. The number of hydrogen-bond donors (Lipinski definition) is 0. The maximum Gasteiger partial charge on any atom is 0.253 e. The fourth-order valence-corrected chi connectivity index (χ4v) is 2.30. The van der Waals surface area contributed by atoms with Crippen molar-refractivity contribution in [3.63, 3.8) is 0 Å². The zero-order valence-corrected chi connectivity index (χ0v) is 12.9. The van der Waals surface area contributed by atoms with Gasteiger partial charge in [-0.2, -0.15) is 0 Å². The number of unbranched alkanes of at least 4 members (excludes halogenated alkanes) is 2. The van der Waals surface area contributed by atoms with Gasteiger partial charge in [-0.15, -0.1) is 11.6 Å². The molecule has 0 saturated heterocycles. The van der Waals surface area contributed by atoms with E-state index < -0.39 is 0 Å². The molecule has 0 radical (unpaired) electrons. The monoisotopic (exact) mass is 365 g/mol. The standard InChI is InChI=1S/C13H17ClINO/c1-16(9-4-2-3-8-14)13(17)11-6-5-7-12(15)10-11/h5-7,10H,2-4,8-9H2,1H3. The smallest absolute Gasteiger partial charge is 0.253 e. The molecule has 0 aliphatic carbocycles. The molecule has 1 aromatic rings. The molecule has 0 heterocycles. The van der Waals surface area contributed by atoms with Crippen LogP contribution in [0.1, 0.15) is 29.6 Å². The molecule has 4 heteroatoms. The van der Waals surface area contributed by atoms with E-state index in [1.165, 1.54) is 0 Å². The average molecular weight is 366 g/mol. The minimum absolute atomic E-state index is 0.0920. The van der Waals surface area contributed by atoms with Gasteiger partial charge in [0.05, 0.1) is 0 Å². The molecule has 2 nitrogen and oxygen atoms in total. The molecule has 0 aromatic heterocycles. The van der Waals surface area contributed by atoms with Gasteiger partial charge < -0.3 is 4.90 Å². The van der Waals surface area contributed by atoms with Crippen LogP contribution in [0.3, 0.4) is 0 Å². The van der Waals surface area contributed by atoms with Crippen molar-refractivity contribution >= 4 is 40.1 Å². The van der Waals surface area contributed by atoms with Crippen molar-refractivity contribution in [1.82, 2.24) is 4.90 Å². The molecule has 0 bridgehead atoms. The Morgan fingerprint density at radius 2 is 2.12 bits per heavy atom. The van der Waals surface area contributed by atoms with Crippen LogP contribution < -0.4 is 0 Å². The maximum atomic E-state index is 12.1. The number of carbonyl (C=O) groups excluding carboxylic acids is 1. The highest BCUT2D eigenvalue weighted by atomic mass is 127. The van der Waals surface area contributed by atoms with Gasteiger partial charge in [-0.25, -0.2) is 0 Å². The first-order valence-corrected chi connectivity index (χ1v) is 7.33. The summed E-state index contributed by atoms with van der Waals surface area (Å²) in [6.07, 6.45) is 3.11. The van der Waals surface area contributed by atoms with Gasteiger partial charge in [0.25, 0.3) is 5.91 Å². The van der Waals surface area contributed by atoms with Crippen LogP contribution in [0.4, 0.5) is 0 Å². The van der Waals surface area contributed by atoms with Crippen molar-refractivity contribution in [1.29, 1.82) is 0 Å². The van der Waals surface area contributed by atoms with Gasteiger partial charge in [-0.05, 0) is 53.6 Å². The van der Waals surface area contributed by atoms with Crippen molar-refractivity contribution in [2.45, 2.75) is 19.3 Å². The number of hydrogen-bond acceptors (Lipinski definition) is 1. The largest absolute Gasteiger partial charge is 0.342 e. The second-order valence-corrected chi connectivity index (χ2v) is 5.61. The van der Waals surface area contributed by atoms with Gasteiger partial charge in [0.1, 0.15) is 0 Å². The lowest BCUT2D eigenvalue weighted by atomic mass is 10.2. The third-order valence-electron chi connectivity index (χ3n) is 2.55. The third kappa shape index (κ3) is 5.25. The van der Waals surface area contributed by atoms with Crippen LogP contribution in [0.15, 0.2) is 24.3 Å². The molecule has 0 spiro atoms. The van der Waals surface area contributed by atoms with E-state index in [1.807, 2.05) is 31.3 Å². The molecule has 0 saturated carbocycles. The second kappa shape index (κ2) is 7.93. The van der Waals surface area contributed by atoms with Crippen LogP contribution in [0.2, 0.25) is 0 Å². The fourth-order valence-electron chi connectivity index (χ4n) is 1.56. The lowest BCUT2D eigenvalue weighted by molar-refractivity contribution is 0.0792. The number of halogens is 2. The minimum Gasteiger partial charge on any atom is -0.342 e. The van der Waals surface area contributed by atoms with Crippen LogP contribution in [0.25, 0.3) is 0 Å². The molecule has 0 aliphatic rings. The van der Waals surface area contributed by atoms with Crippen molar-refractivity contribution < 1.29 is 4.79 Å². The van der Waals surface area contributed by atoms with E-state index in [2.05, 4.69) is 22.6 Å². The van der Waals surface area contributed by atoms with E-state index in [0.717, 1.165) is 34.9 Å². The Bertz CT molecular complexity index is 370. The Morgan fingerprint density at radius 3 is 2.76 bits per heavy atom. The van der Waals surface area contributed by atoms with Crippen molar-refractivity contribution in [3.8, 4) is 0 Å². The van der Waals surface area contributed by atoms with E-state index in [1.54, 1.807) is 4.90 Å². The first-order valence-electron chi connectivity index (χ1n) is 5.72. The van der Waals surface area contributed by atoms with Gasteiger partial charge in [0.2, 0.25) is 0 Å². The zero-order valence-electron chi connectivity index (χ0n) is 9.96. The predicted octanol–water partition coefficient (Wildman–Crippen LogP) is 3.77. The summed E-state index contributed by atoms with van der Waals surface area (Å²) in [6, 6.07) is 7.67. The summed E-state index contributed by atoms with van der Waals surface area (Å²) in [5.74, 6) is 0.795. The van der Waals surface area contributed by atoms with E-state index in [9.17, 15) is 4.79 Å². The zero-order chi connectivity index (χ0) is 12.7. The Labute approximate surface area is 121 Å². The van der Waals surface area contributed by atoms with Crippen molar-refractivity contribution in [3.05, 3.63) is 33.4 Å². The highest BCUT2D eigenvalue weighted by Crippen LogP contribution is 2.10. The van der Waals surface area contributed by atoms with Gasteiger partial charge in [0.15, 0.2) is 0 Å². The third-order valence-corrected chi connectivity index (χ3v) is 3.48. The molecule has 1 aromatic carbocycles. The second-order valence-electron chi connectivity index (χ2n) is 3.99. The van der Waals surface area contributed by atoms with Crippen molar-refractivity contribution in [2.24, 2.45) is 0 Å². The van der Waals surface area contributed by atoms with E-state index in [0.29, 0.717) is 5.88 Å². The van der Waals surface area contributed by atoms with Crippen molar-refractivity contribution in [2.75, 3.05) is 19.5 Å². The molecule has 0 atom stereocenters. The number of alkyl halides is 1. The summed E-state index contributed by atoms with van der Waals surface area (Å²) in [5, 5.41) is 0. The topological polar surface area (TPSA) is 20.3 Å². The number of carbonyl (C=O) groups is 1. The normalized spacial score (nSPS) is 10.3.